The Morgan fingerprint density at radius 3 is 2.80 bits per heavy atom. The average Bonchev–Trinajstić information content (AvgIpc) is 2.24. The number of methoxy groups -OCH3 is 1. The van der Waals surface area contributed by atoms with E-state index in [1.165, 1.54) is 19.2 Å². The number of ether oxygens (including phenoxy) is 2. The monoisotopic (exact) mass is 216 g/mol. The van der Waals surface area contributed by atoms with Gasteiger partial charge in [0.05, 0.1) is 20.1 Å². The molecule has 5 heteroatoms. The van der Waals surface area contributed by atoms with E-state index in [0.29, 0.717) is 0 Å². The minimum Gasteiger partial charge on any atom is -0.490 e. The Morgan fingerprint density at radius 1 is 1.40 bits per heavy atom. The van der Waals surface area contributed by atoms with Gasteiger partial charge in [-0.15, -0.1) is 0 Å². The summed E-state index contributed by atoms with van der Waals surface area (Å²) in [4.78, 5) is 10.7. The van der Waals surface area contributed by atoms with Crippen molar-refractivity contribution in [3.8, 4) is 5.75 Å². The molecule has 0 spiro atoms. The van der Waals surface area contributed by atoms with E-state index in [9.17, 15) is 13.6 Å². The maximum absolute atomic E-state index is 13.0. The Labute approximate surface area is 85.6 Å². The van der Waals surface area contributed by atoms with Gasteiger partial charge in [-0.1, -0.05) is 6.07 Å². The lowest BCUT2D eigenvalue weighted by Gasteiger charge is -2.06. The molecule has 0 saturated carbocycles. The first kappa shape index (κ1) is 11.4. The van der Waals surface area contributed by atoms with Gasteiger partial charge in [-0.05, 0) is 12.1 Å². The Hall–Kier alpha value is -1.65. The molecule has 0 saturated heterocycles. The number of hydrogen-bond acceptors (Lipinski definition) is 3. The molecule has 0 radical (unpaired) electrons. The number of carbonyl (C=O) groups excluding carboxylic acids is 1. The molecule has 1 rings (SSSR count). The molecule has 0 bridgehead atoms. The normalized spacial score (nSPS) is 9.80. The van der Waals surface area contributed by atoms with Crippen LogP contribution in [-0.2, 0) is 9.53 Å². The third kappa shape index (κ3) is 3.19. The van der Waals surface area contributed by atoms with Crippen molar-refractivity contribution in [2.24, 2.45) is 0 Å². The predicted molar refractivity (Wildman–Crippen MR) is 48.5 cm³/mol. The SMILES string of the molecule is COC(=O)CCOc1cccc(F)c1F. The van der Waals surface area contributed by atoms with Crippen LogP contribution in [0.25, 0.3) is 0 Å². The maximum atomic E-state index is 13.0. The molecule has 0 aliphatic heterocycles. The van der Waals surface area contributed by atoms with Crippen LogP contribution in [0.4, 0.5) is 8.78 Å². The Morgan fingerprint density at radius 2 is 2.13 bits per heavy atom. The second kappa shape index (κ2) is 5.29. The summed E-state index contributed by atoms with van der Waals surface area (Å²) in [5.41, 5.74) is 0. The van der Waals surface area contributed by atoms with Crippen molar-refractivity contribution < 1.29 is 23.0 Å². The van der Waals surface area contributed by atoms with Gasteiger partial charge in [-0.25, -0.2) is 4.39 Å². The number of benzene rings is 1. The van der Waals surface area contributed by atoms with E-state index < -0.39 is 17.6 Å². The zero-order valence-electron chi connectivity index (χ0n) is 8.13. The molecular weight excluding hydrogens is 206 g/mol. The highest BCUT2D eigenvalue weighted by Crippen LogP contribution is 2.18. The van der Waals surface area contributed by atoms with Crippen LogP contribution in [-0.4, -0.2) is 19.7 Å². The molecule has 15 heavy (non-hydrogen) atoms. The summed E-state index contributed by atoms with van der Waals surface area (Å²) in [7, 11) is 1.24. The van der Waals surface area contributed by atoms with E-state index in [1.807, 2.05) is 0 Å². The van der Waals surface area contributed by atoms with Gasteiger partial charge >= 0.3 is 5.97 Å². The maximum Gasteiger partial charge on any atom is 0.308 e. The van der Waals surface area contributed by atoms with Crippen molar-refractivity contribution in [3.05, 3.63) is 29.8 Å². The van der Waals surface area contributed by atoms with Crippen LogP contribution in [0.5, 0.6) is 5.75 Å². The van der Waals surface area contributed by atoms with Gasteiger partial charge in [-0.2, -0.15) is 4.39 Å². The number of carbonyl (C=O) groups is 1. The molecule has 82 valence electrons. The van der Waals surface area contributed by atoms with Crippen LogP contribution < -0.4 is 4.74 Å². The lowest BCUT2D eigenvalue weighted by atomic mass is 10.3. The third-order valence-corrected chi connectivity index (χ3v) is 1.71. The minimum atomic E-state index is -1.05. The van der Waals surface area contributed by atoms with Gasteiger partial charge in [0, 0.05) is 0 Å². The molecule has 0 aliphatic carbocycles. The quantitative estimate of drug-likeness (QED) is 0.721. The molecule has 0 N–H and O–H groups in total. The van der Waals surface area contributed by atoms with E-state index in [-0.39, 0.29) is 18.8 Å². The first-order valence-corrected chi connectivity index (χ1v) is 4.28. The minimum absolute atomic E-state index is 0.00749. The first-order chi connectivity index (χ1) is 7.15. The summed E-state index contributed by atoms with van der Waals surface area (Å²) in [6.07, 6.45) is -0.00749. The molecule has 3 nitrogen and oxygen atoms in total. The van der Waals surface area contributed by atoms with Gasteiger partial charge in [0.15, 0.2) is 11.6 Å². The average molecular weight is 216 g/mol. The van der Waals surface area contributed by atoms with Crippen LogP contribution in [0.1, 0.15) is 6.42 Å². The molecule has 1 aromatic rings. The highest BCUT2D eigenvalue weighted by molar-refractivity contribution is 5.69. The second-order valence-corrected chi connectivity index (χ2v) is 2.73. The second-order valence-electron chi connectivity index (χ2n) is 2.73. The summed E-state index contributed by atoms with van der Waals surface area (Å²) in [6, 6.07) is 3.60. The predicted octanol–water partition coefficient (Wildman–Crippen LogP) is 1.91. The molecule has 0 aliphatic rings. The lowest BCUT2D eigenvalue weighted by Crippen LogP contribution is -2.08. The Kier molecular flexibility index (Phi) is 4.03. The smallest absolute Gasteiger partial charge is 0.308 e. The van der Waals surface area contributed by atoms with Crippen molar-refractivity contribution in [1.29, 1.82) is 0 Å². The van der Waals surface area contributed by atoms with E-state index in [0.717, 1.165) is 6.07 Å². The molecule has 1 aromatic carbocycles. The molecule has 0 aromatic heterocycles. The Balaban J connectivity index is 2.51. The molecular formula is C10H10F2O3. The van der Waals surface area contributed by atoms with Crippen molar-refractivity contribution in [2.45, 2.75) is 6.42 Å². The van der Waals surface area contributed by atoms with E-state index >= 15 is 0 Å². The van der Waals surface area contributed by atoms with Crippen molar-refractivity contribution in [3.63, 3.8) is 0 Å². The summed E-state index contributed by atoms with van der Waals surface area (Å²) in [5.74, 6) is -2.71. The summed E-state index contributed by atoms with van der Waals surface area (Å²) < 4.78 is 34.9. The molecule has 0 atom stereocenters. The fraction of sp³-hybridized carbons (Fsp3) is 0.300. The van der Waals surface area contributed by atoms with Gasteiger partial charge in [-0.3, -0.25) is 4.79 Å². The molecule has 0 unspecified atom stereocenters. The van der Waals surface area contributed by atoms with Crippen LogP contribution in [0.3, 0.4) is 0 Å². The van der Waals surface area contributed by atoms with E-state index in [1.54, 1.807) is 0 Å². The highest BCUT2D eigenvalue weighted by Gasteiger charge is 2.09. The van der Waals surface area contributed by atoms with Crippen LogP contribution in [0, 0.1) is 11.6 Å². The number of esters is 1. The van der Waals surface area contributed by atoms with Gasteiger partial charge in [0.25, 0.3) is 0 Å². The summed E-state index contributed by atoms with van der Waals surface area (Å²) >= 11 is 0. The van der Waals surface area contributed by atoms with E-state index in [4.69, 9.17) is 4.74 Å². The zero-order chi connectivity index (χ0) is 11.3. The number of rotatable bonds is 4. The zero-order valence-corrected chi connectivity index (χ0v) is 8.13. The van der Waals surface area contributed by atoms with Crippen LogP contribution in [0.2, 0.25) is 0 Å². The van der Waals surface area contributed by atoms with Crippen molar-refractivity contribution >= 4 is 5.97 Å². The van der Waals surface area contributed by atoms with Gasteiger partial charge in [0.1, 0.15) is 0 Å². The van der Waals surface area contributed by atoms with E-state index in [2.05, 4.69) is 4.74 Å². The summed E-state index contributed by atoms with van der Waals surface area (Å²) in [5, 5.41) is 0. The van der Waals surface area contributed by atoms with Gasteiger partial charge < -0.3 is 9.47 Å². The van der Waals surface area contributed by atoms with Gasteiger partial charge in [0.2, 0.25) is 5.82 Å². The topological polar surface area (TPSA) is 35.5 Å². The highest BCUT2D eigenvalue weighted by atomic mass is 19.2. The fourth-order valence-corrected chi connectivity index (χ4v) is 0.942. The van der Waals surface area contributed by atoms with Crippen LogP contribution in [0.15, 0.2) is 18.2 Å². The standard InChI is InChI=1S/C10H10F2O3/c1-14-9(13)5-6-15-8-4-2-3-7(11)10(8)12/h2-4H,5-6H2,1H3. The van der Waals surface area contributed by atoms with Crippen molar-refractivity contribution in [1.82, 2.24) is 0 Å². The van der Waals surface area contributed by atoms with Crippen molar-refractivity contribution in [2.75, 3.05) is 13.7 Å². The lowest BCUT2D eigenvalue weighted by molar-refractivity contribution is -0.141. The molecule has 0 fully saturated rings. The molecule has 0 heterocycles. The number of hydrogen-bond donors (Lipinski definition) is 0. The Bertz CT molecular complexity index is 353. The largest absolute Gasteiger partial charge is 0.490 e. The van der Waals surface area contributed by atoms with Crippen LogP contribution >= 0.6 is 0 Å². The molecule has 0 amide bonds. The third-order valence-electron chi connectivity index (χ3n) is 1.71. The first-order valence-electron chi connectivity index (χ1n) is 4.28. The fourth-order valence-electron chi connectivity index (χ4n) is 0.942. The summed E-state index contributed by atoms with van der Waals surface area (Å²) in [6.45, 7) is -0.0486. The number of halogens is 2.